The summed E-state index contributed by atoms with van der Waals surface area (Å²) in [6, 6.07) is 0. The van der Waals surface area contributed by atoms with E-state index in [1.54, 1.807) is 0 Å². The predicted octanol–water partition coefficient (Wildman–Crippen LogP) is -0.383. The van der Waals surface area contributed by atoms with Crippen LogP contribution in [0.25, 0.3) is 0 Å². The number of carbonyl (C=O) groups is 3. The molecule has 104 valence electrons. The van der Waals surface area contributed by atoms with Crippen LogP contribution in [0.4, 0.5) is 0 Å². The van der Waals surface area contributed by atoms with Crippen LogP contribution < -0.4 is 10.6 Å². The van der Waals surface area contributed by atoms with Crippen molar-refractivity contribution in [2.24, 2.45) is 0 Å². The zero-order valence-corrected chi connectivity index (χ0v) is 11.0. The molecule has 3 rings (SSSR count). The van der Waals surface area contributed by atoms with Gasteiger partial charge in [-0.1, -0.05) is 13.8 Å². The number of fused-ring (bicyclic) bond motifs is 1. The number of amides is 3. The minimum absolute atomic E-state index is 0.0400. The summed E-state index contributed by atoms with van der Waals surface area (Å²) in [6.45, 7) is 4.25. The Hall–Kier alpha value is -2.77. The zero-order valence-electron chi connectivity index (χ0n) is 11.0. The summed E-state index contributed by atoms with van der Waals surface area (Å²) in [7, 11) is 0. The number of carbonyl (C=O) groups excluding carboxylic acids is 3. The van der Waals surface area contributed by atoms with Crippen LogP contribution in [0.15, 0.2) is 24.3 Å². The highest BCUT2D eigenvalue weighted by atomic mass is 16.2. The second-order valence-corrected chi connectivity index (χ2v) is 3.62. The predicted molar refractivity (Wildman–Crippen MR) is 68.1 cm³/mol. The fourth-order valence-electron chi connectivity index (χ4n) is 1.78. The lowest BCUT2D eigenvalue weighted by Crippen LogP contribution is -2.45. The first-order valence-electron chi connectivity index (χ1n) is 6.11. The molecule has 1 aromatic heterocycles. The molecule has 0 spiro atoms. The molecule has 0 bridgehead atoms. The fourth-order valence-corrected chi connectivity index (χ4v) is 1.78. The highest BCUT2D eigenvalue weighted by Crippen LogP contribution is 2.22. The Morgan fingerprint density at radius 1 is 1.05 bits per heavy atom. The molecule has 0 unspecified atom stereocenters. The molecular weight excluding hydrogens is 262 g/mol. The van der Waals surface area contributed by atoms with E-state index in [-0.39, 0.29) is 23.8 Å². The second kappa shape index (κ2) is 5.47. The van der Waals surface area contributed by atoms with Crippen LogP contribution in [0.5, 0.6) is 0 Å². The van der Waals surface area contributed by atoms with E-state index in [1.807, 2.05) is 13.8 Å². The highest BCUT2D eigenvalue weighted by molar-refractivity contribution is 6.23. The molecule has 0 atom stereocenters. The molecule has 3 amide bonds. The molecular formula is C12H13N5O3. The maximum Gasteiger partial charge on any atom is 0.286 e. The van der Waals surface area contributed by atoms with Gasteiger partial charge >= 0.3 is 0 Å². The average molecular weight is 275 g/mol. The molecule has 2 N–H and O–H groups in total. The number of hydrogen-bond acceptors (Lipinski definition) is 6. The van der Waals surface area contributed by atoms with Crippen molar-refractivity contribution in [3.63, 3.8) is 0 Å². The maximum absolute atomic E-state index is 12.0. The van der Waals surface area contributed by atoms with Crippen molar-refractivity contribution in [3.05, 3.63) is 35.7 Å². The minimum atomic E-state index is -0.645. The standard InChI is InChI=1S/C10H7N5O3.C2H6/c16-8-5(3-11-4-14-8)15-9(17)6-7(10(15)18)13-2-1-12-6;1-2/h1-3,11H,4H2,(H,14,16);1-2H3. The number of rotatable bonds is 1. The smallest absolute Gasteiger partial charge is 0.286 e. The largest absolute Gasteiger partial charge is 0.372 e. The average Bonchev–Trinajstić information content (AvgIpc) is 2.75. The minimum Gasteiger partial charge on any atom is -0.372 e. The van der Waals surface area contributed by atoms with E-state index in [0.29, 0.717) is 0 Å². The van der Waals surface area contributed by atoms with Crippen LogP contribution >= 0.6 is 0 Å². The third-order valence-corrected chi connectivity index (χ3v) is 2.57. The molecule has 1 aromatic rings. The van der Waals surface area contributed by atoms with E-state index in [1.165, 1.54) is 18.6 Å². The molecule has 0 aromatic carbocycles. The molecule has 2 aliphatic heterocycles. The van der Waals surface area contributed by atoms with Gasteiger partial charge in [0.1, 0.15) is 5.70 Å². The Kier molecular flexibility index (Phi) is 3.74. The lowest BCUT2D eigenvalue weighted by atomic mass is 10.3. The Morgan fingerprint density at radius 3 is 2.10 bits per heavy atom. The van der Waals surface area contributed by atoms with Gasteiger partial charge in [0.05, 0.1) is 6.67 Å². The van der Waals surface area contributed by atoms with Gasteiger partial charge in [-0.2, -0.15) is 0 Å². The Balaban J connectivity index is 0.000000704. The lowest BCUT2D eigenvalue weighted by molar-refractivity contribution is -0.119. The number of nitrogens with zero attached hydrogens (tertiary/aromatic N) is 3. The van der Waals surface area contributed by atoms with Crippen molar-refractivity contribution in [1.82, 2.24) is 25.5 Å². The Bertz CT molecular complexity index is 576. The topological polar surface area (TPSA) is 104 Å². The molecule has 8 heteroatoms. The normalized spacial score (nSPS) is 16.6. The van der Waals surface area contributed by atoms with Gasteiger partial charge in [-0.15, -0.1) is 0 Å². The molecule has 0 aliphatic carbocycles. The molecule has 0 saturated carbocycles. The fraction of sp³-hybridized carbons (Fsp3) is 0.250. The zero-order chi connectivity index (χ0) is 14.7. The Labute approximate surface area is 114 Å². The number of aromatic nitrogens is 2. The van der Waals surface area contributed by atoms with Gasteiger partial charge in [-0.05, 0) is 0 Å². The molecule has 0 saturated heterocycles. The summed E-state index contributed by atoms with van der Waals surface area (Å²) < 4.78 is 0. The third kappa shape index (κ3) is 2.00. The molecule has 8 nitrogen and oxygen atoms in total. The maximum atomic E-state index is 12.0. The summed E-state index contributed by atoms with van der Waals surface area (Å²) in [5.74, 6) is -1.79. The van der Waals surface area contributed by atoms with Gasteiger partial charge in [0.25, 0.3) is 17.7 Å². The first-order chi connectivity index (χ1) is 9.70. The van der Waals surface area contributed by atoms with Gasteiger partial charge in [0.2, 0.25) is 0 Å². The number of nitrogens with one attached hydrogen (secondary N) is 2. The van der Waals surface area contributed by atoms with Crippen molar-refractivity contribution in [3.8, 4) is 0 Å². The molecule has 20 heavy (non-hydrogen) atoms. The number of imide groups is 1. The third-order valence-electron chi connectivity index (χ3n) is 2.57. The van der Waals surface area contributed by atoms with Crippen molar-refractivity contribution >= 4 is 17.7 Å². The number of hydrogen-bond donors (Lipinski definition) is 2. The summed E-state index contributed by atoms with van der Waals surface area (Å²) in [6.07, 6.45) is 3.96. The first kappa shape index (κ1) is 13.7. The molecule has 2 aliphatic rings. The van der Waals surface area contributed by atoms with E-state index in [0.717, 1.165) is 4.90 Å². The summed E-state index contributed by atoms with van der Waals surface area (Å²) >= 11 is 0. The van der Waals surface area contributed by atoms with E-state index in [9.17, 15) is 14.4 Å². The van der Waals surface area contributed by atoms with Crippen LogP contribution in [0, 0.1) is 0 Å². The molecule has 0 radical (unpaired) electrons. The Morgan fingerprint density at radius 2 is 1.60 bits per heavy atom. The van der Waals surface area contributed by atoms with Gasteiger partial charge in [-0.25, -0.2) is 14.9 Å². The van der Waals surface area contributed by atoms with Crippen molar-refractivity contribution in [1.29, 1.82) is 0 Å². The summed E-state index contributed by atoms with van der Waals surface area (Å²) in [5, 5.41) is 5.20. The van der Waals surface area contributed by atoms with Gasteiger partial charge < -0.3 is 10.6 Å². The molecule has 0 fully saturated rings. The van der Waals surface area contributed by atoms with Crippen LogP contribution in [0.1, 0.15) is 34.8 Å². The quantitative estimate of drug-likeness (QED) is 0.677. The van der Waals surface area contributed by atoms with Crippen LogP contribution in [0.2, 0.25) is 0 Å². The second-order valence-electron chi connectivity index (χ2n) is 3.62. The SMILES string of the molecule is CC.O=C1NCNC=C1N1C(=O)c2nccnc2C1=O. The van der Waals surface area contributed by atoms with Crippen LogP contribution in [-0.2, 0) is 4.79 Å². The van der Waals surface area contributed by atoms with Crippen LogP contribution in [-0.4, -0.2) is 39.3 Å². The lowest BCUT2D eigenvalue weighted by Gasteiger charge is -2.20. The van der Waals surface area contributed by atoms with Crippen molar-refractivity contribution in [2.75, 3.05) is 6.67 Å². The van der Waals surface area contributed by atoms with E-state index < -0.39 is 17.7 Å². The van der Waals surface area contributed by atoms with E-state index >= 15 is 0 Å². The van der Waals surface area contributed by atoms with E-state index in [2.05, 4.69) is 20.6 Å². The molecule has 3 heterocycles. The van der Waals surface area contributed by atoms with Crippen LogP contribution in [0.3, 0.4) is 0 Å². The highest BCUT2D eigenvalue weighted by Gasteiger charge is 2.42. The summed E-state index contributed by atoms with van der Waals surface area (Å²) in [5.41, 5.74) is -0.139. The van der Waals surface area contributed by atoms with Gasteiger partial charge in [0, 0.05) is 18.6 Å². The monoisotopic (exact) mass is 275 g/mol. The van der Waals surface area contributed by atoms with Gasteiger partial charge in [-0.3, -0.25) is 14.4 Å². The first-order valence-corrected chi connectivity index (χ1v) is 6.11. The van der Waals surface area contributed by atoms with Crippen molar-refractivity contribution in [2.45, 2.75) is 13.8 Å². The van der Waals surface area contributed by atoms with Gasteiger partial charge in [0.15, 0.2) is 11.4 Å². The summed E-state index contributed by atoms with van der Waals surface area (Å²) in [4.78, 5) is 44.0. The van der Waals surface area contributed by atoms with Crippen molar-refractivity contribution < 1.29 is 14.4 Å². The van der Waals surface area contributed by atoms with E-state index in [4.69, 9.17) is 0 Å².